The monoisotopic (exact) mass is 399 g/mol. The van der Waals surface area contributed by atoms with Gasteiger partial charge in [-0.3, -0.25) is 4.31 Å². The van der Waals surface area contributed by atoms with Gasteiger partial charge in [0, 0.05) is 12.5 Å². The molecule has 0 aromatic heterocycles. The molecule has 1 aliphatic rings. The van der Waals surface area contributed by atoms with Crippen molar-refractivity contribution < 1.29 is 17.2 Å². The van der Waals surface area contributed by atoms with Crippen molar-refractivity contribution in [2.45, 2.75) is 23.7 Å². The molecule has 0 N–H and O–H groups in total. The van der Waals surface area contributed by atoms with Crippen molar-refractivity contribution in [3.05, 3.63) is 95.6 Å². The lowest BCUT2D eigenvalue weighted by Crippen LogP contribution is -2.32. The largest absolute Gasteiger partial charge is 0.266 e. The molecule has 0 amide bonds. The van der Waals surface area contributed by atoms with Gasteiger partial charge in [-0.2, -0.15) is 0 Å². The van der Waals surface area contributed by atoms with Gasteiger partial charge in [0.15, 0.2) is 0 Å². The minimum absolute atomic E-state index is 0.132. The third-order valence-electron chi connectivity index (χ3n) is 5.09. The van der Waals surface area contributed by atoms with Crippen LogP contribution in [0, 0.1) is 11.6 Å². The van der Waals surface area contributed by atoms with E-state index in [0.717, 1.165) is 11.1 Å². The van der Waals surface area contributed by atoms with E-state index in [0.29, 0.717) is 18.5 Å². The molecular formula is C22H19F2NO2S. The van der Waals surface area contributed by atoms with Gasteiger partial charge < -0.3 is 0 Å². The van der Waals surface area contributed by atoms with Crippen molar-refractivity contribution in [2.24, 2.45) is 0 Å². The molecule has 6 heteroatoms. The number of sulfonamides is 1. The average Bonchev–Trinajstić information content (AvgIpc) is 2.89. The first kappa shape index (κ1) is 18.6. The van der Waals surface area contributed by atoms with Crippen molar-refractivity contribution in [1.82, 2.24) is 0 Å². The number of hydrogen-bond donors (Lipinski definition) is 0. The van der Waals surface area contributed by atoms with E-state index in [1.165, 1.54) is 40.7 Å². The number of anilines is 1. The Morgan fingerprint density at radius 3 is 2.25 bits per heavy atom. The normalized spacial score (nSPS) is 17.1. The number of rotatable bonds is 3. The molecule has 4 rings (SSSR count). The molecule has 28 heavy (non-hydrogen) atoms. The lowest BCUT2D eigenvalue weighted by Gasteiger charge is -2.25. The maximum Gasteiger partial charge on any atom is 0.264 e. The van der Waals surface area contributed by atoms with E-state index in [1.54, 1.807) is 36.4 Å². The fourth-order valence-corrected chi connectivity index (χ4v) is 5.30. The van der Waals surface area contributed by atoms with Gasteiger partial charge in [-0.05, 0) is 60.4 Å². The lowest BCUT2D eigenvalue weighted by molar-refractivity contribution is 0.588. The molecule has 0 spiro atoms. The molecule has 0 fully saturated rings. The number of halogens is 2. The van der Waals surface area contributed by atoms with E-state index < -0.39 is 15.8 Å². The van der Waals surface area contributed by atoms with Crippen LogP contribution in [0.1, 0.15) is 29.9 Å². The Labute approximate surface area is 163 Å². The van der Waals surface area contributed by atoms with E-state index in [9.17, 15) is 17.2 Å². The zero-order chi connectivity index (χ0) is 19.7. The van der Waals surface area contributed by atoms with E-state index in [4.69, 9.17) is 0 Å². The molecule has 144 valence electrons. The van der Waals surface area contributed by atoms with Gasteiger partial charge in [-0.15, -0.1) is 0 Å². The Morgan fingerprint density at radius 2 is 1.54 bits per heavy atom. The summed E-state index contributed by atoms with van der Waals surface area (Å²) in [6.07, 6.45) is 1.29. The van der Waals surface area contributed by atoms with E-state index in [1.807, 2.05) is 0 Å². The number of nitrogens with zero attached hydrogens (tertiary/aromatic N) is 1. The smallest absolute Gasteiger partial charge is 0.264 e. The summed E-state index contributed by atoms with van der Waals surface area (Å²) in [5.74, 6) is -0.955. The lowest BCUT2D eigenvalue weighted by atomic mass is 9.87. The third kappa shape index (κ3) is 3.40. The van der Waals surface area contributed by atoms with Crippen LogP contribution in [-0.4, -0.2) is 15.0 Å². The highest BCUT2D eigenvalue weighted by molar-refractivity contribution is 7.92. The van der Waals surface area contributed by atoms with Crippen LogP contribution in [0.25, 0.3) is 0 Å². The van der Waals surface area contributed by atoms with Crippen molar-refractivity contribution >= 4 is 15.7 Å². The van der Waals surface area contributed by atoms with Crippen LogP contribution in [-0.2, 0) is 10.0 Å². The number of hydrogen-bond acceptors (Lipinski definition) is 2. The fraction of sp³-hybridized carbons (Fsp3) is 0.182. The molecule has 0 saturated carbocycles. The quantitative estimate of drug-likeness (QED) is 0.616. The predicted octanol–water partition coefficient (Wildman–Crippen LogP) is 5.09. The van der Waals surface area contributed by atoms with E-state index >= 15 is 0 Å². The molecule has 0 saturated heterocycles. The zero-order valence-electron chi connectivity index (χ0n) is 15.1. The van der Waals surface area contributed by atoms with Crippen LogP contribution < -0.4 is 4.31 Å². The predicted molar refractivity (Wildman–Crippen MR) is 105 cm³/mol. The third-order valence-corrected chi connectivity index (χ3v) is 6.92. The van der Waals surface area contributed by atoms with Gasteiger partial charge >= 0.3 is 0 Å². The standard InChI is InChI=1S/C22H19F2NO2S/c23-17-10-8-16(9-11-17)20-7-4-14-25(22-15-18(24)12-13-21(20)22)28(26,27)19-5-2-1-3-6-19/h1-3,5-6,8-13,15,20H,4,7,14H2. The summed E-state index contributed by atoms with van der Waals surface area (Å²) in [6, 6.07) is 18.6. The van der Waals surface area contributed by atoms with Crippen LogP contribution in [0.4, 0.5) is 14.5 Å². The summed E-state index contributed by atoms with van der Waals surface area (Å²) in [5.41, 5.74) is 1.95. The van der Waals surface area contributed by atoms with Gasteiger partial charge in [0.25, 0.3) is 10.0 Å². The Hall–Kier alpha value is -2.73. The molecule has 0 radical (unpaired) electrons. The van der Waals surface area contributed by atoms with Gasteiger partial charge in [-0.1, -0.05) is 36.4 Å². The second-order valence-electron chi connectivity index (χ2n) is 6.84. The molecule has 1 atom stereocenters. The summed E-state index contributed by atoms with van der Waals surface area (Å²) < 4.78 is 55.3. The summed E-state index contributed by atoms with van der Waals surface area (Å²) >= 11 is 0. The van der Waals surface area contributed by atoms with E-state index in [-0.39, 0.29) is 23.2 Å². The van der Waals surface area contributed by atoms with Crippen molar-refractivity contribution in [2.75, 3.05) is 10.8 Å². The molecule has 1 unspecified atom stereocenters. The number of benzene rings is 3. The Kier molecular flexibility index (Phi) is 4.89. The van der Waals surface area contributed by atoms with Crippen LogP contribution in [0.2, 0.25) is 0 Å². The van der Waals surface area contributed by atoms with Crippen molar-refractivity contribution in [3.8, 4) is 0 Å². The fourth-order valence-electron chi connectivity index (χ4n) is 3.75. The van der Waals surface area contributed by atoms with Crippen molar-refractivity contribution in [1.29, 1.82) is 0 Å². The molecule has 3 aromatic rings. The second kappa shape index (κ2) is 7.36. The van der Waals surface area contributed by atoms with Gasteiger partial charge in [-0.25, -0.2) is 17.2 Å². The Bertz CT molecular complexity index is 1080. The van der Waals surface area contributed by atoms with Gasteiger partial charge in [0.1, 0.15) is 11.6 Å². The van der Waals surface area contributed by atoms with Crippen LogP contribution >= 0.6 is 0 Å². The molecule has 3 nitrogen and oxygen atoms in total. The maximum atomic E-state index is 14.1. The molecular weight excluding hydrogens is 380 g/mol. The summed E-state index contributed by atoms with van der Waals surface area (Å²) in [4.78, 5) is 0.172. The summed E-state index contributed by atoms with van der Waals surface area (Å²) in [5, 5.41) is 0. The maximum absolute atomic E-state index is 14.1. The summed E-state index contributed by atoms with van der Waals surface area (Å²) in [6.45, 7) is 0.255. The topological polar surface area (TPSA) is 37.4 Å². The highest BCUT2D eigenvalue weighted by Gasteiger charge is 2.32. The highest BCUT2D eigenvalue weighted by atomic mass is 32.2. The van der Waals surface area contributed by atoms with Gasteiger partial charge in [0.2, 0.25) is 0 Å². The molecule has 3 aromatic carbocycles. The van der Waals surface area contributed by atoms with Crippen molar-refractivity contribution in [3.63, 3.8) is 0 Å². The first-order valence-corrected chi connectivity index (χ1v) is 10.5. The minimum atomic E-state index is -3.82. The Morgan fingerprint density at radius 1 is 0.857 bits per heavy atom. The highest BCUT2D eigenvalue weighted by Crippen LogP contribution is 2.41. The molecule has 1 heterocycles. The Balaban J connectivity index is 1.85. The van der Waals surface area contributed by atoms with Crippen LogP contribution in [0.3, 0.4) is 0 Å². The average molecular weight is 399 g/mol. The van der Waals surface area contributed by atoms with Crippen LogP contribution in [0.5, 0.6) is 0 Å². The van der Waals surface area contributed by atoms with Gasteiger partial charge in [0.05, 0.1) is 10.6 Å². The SMILES string of the molecule is O=S(=O)(c1ccccc1)N1CCCC(c2ccc(F)cc2)c2ccc(F)cc21. The molecule has 0 aliphatic carbocycles. The van der Waals surface area contributed by atoms with Crippen LogP contribution in [0.15, 0.2) is 77.7 Å². The molecule has 0 bridgehead atoms. The first-order chi connectivity index (χ1) is 13.5. The summed E-state index contributed by atoms with van der Waals surface area (Å²) in [7, 11) is -3.82. The molecule has 1 aliphatic heterocycles. The minimum Gasteiger partial charge on any atom is -0.266 e. The zero-order valence-corrected chi connectivity index (χ0v) is 15.9. The first-order valence-electron chi connectivity index (χ1n) is 9.09. The van der Waals surface area contributed by atoms with E-state index in [2.05, 4.69) is 0 Å². The second-order valence-corrected chi connectivity index (χ2v) is 8.70. The number of fused-ring (bicyclic) bond motifs is 1.